The molecule has 0 saturated heterocycles. The fourth-order valence-electron chi connectivity index (χ4n) is 1.88. The zero-order valence-electron chi connectivity index (χ0n) is 12.5. The molecule has 0 heterocycles. The number of nitrogens with one attached hydrogen (secondary N) is 2. The van der Waals surface area contributed by atoms with Crippen LogP contribution in [-0.4, -0.2) is 11.9 Å². The molecule has 1 unspecified atom stereocenters. The van der Waals surface area contributed by atoms with Gasteiger partial charge >= 0.3 is 0 Å². The lowest BCUT2D eigenvalue weighted by atomic mass is 10.2. The first-order chi connectivity index (χ1) is 10.5. The van der Waals surface area contributed by atoms with E-state index in [1.54, 1.807) is 12.1 Å². The monoisotopic (exact) mass is 304 g/mol. The molecular formula is C17H18F2N2O. The molecule has 22 heavy (non-hydrogen) atoms. The van der Waals surface area contributed by atoms with Gasteiger partial charge in [0.2, 0.25) is 0 Å². The molecule has 2 rings (SSSR count). The molecule has 5 heteroatoms. The SMILES string of the molecule is CCC(C)Nc1ccc(NC(=O)c2ccc(F)c(F)c2)cc1. The molecule has 0 fully saturated rings. The maximum atomic E-state index is 13.1. The van der Waals surface area contributed by atoms with E-state index in [0.29, 0.717) is 11.7 Å². The number of carbonyl (C=O) groups excluding carboxylic acids is 1. The van der Waals surface area contributed by atoms with Gasteiger partial charge in [0.15, 0.2) is 11.6 Å². The largest absolute Gasteiger partial charge is 0.383 e. The van der Waals surface area contributed by atoms with Gasteiger partial charge in [-0.1, -0.05) is 6.92 Å². The second-order valence-corrected chi connectivity index (χ2v) is 5.11. The average Bonchev–Trinajstić information content (AvgIpc) is 2.51. The normalized spacial score (nSPS) is 11.8. The second kappa shape index (κ2) is 7.02. The minimum absolute atomic E-state index is 0.0701. The van der Waals surface area contributed by atoms with E-state index < -0.39 is 17.5 Å². The van der Waals surface area contributed by atoms with Gasteiger partial charge < -0.3 is 10.6 Å². The summed E-state index contributed by atoms with van der Waals surface area (Å²) in [6, 6.07) is 10.6. The van der Waals surface area contributed by atoms with Crippen LogP contribution in [0.25, 0.3) is 0 Å². The van der Waals surface area contributed by atoms with Gasteiger partial charge in [-0.3, -0.25) is 4.79 Å². The minimum Gasteiger partial charge on any atom is -0.383 e. The third kappa shape index (κ3) is 4.04. The average molecular weight is 304 g/mol. The number of hydrogen-bond donors (Lipinski definition) is 2. The van der Waals surface area contributed by atoms with Crippen molar-refractivity contribution in [1.29, 1.82) is 0 Å². The smallest absolute Gasteiger partial charge is 0.255 e. The molecule has 0 aliphatic carbocycles. The lowest BCUT2D eigenvalue weighted by molar-refractivity contribution is 0.102. The molecule has 2 aromatic rings. The Balaban J connectivity index is 2.03. The molecule has 0 saturated carbocycles. The van der Waals surface area contributed by atoms with Gasteiger partial charge in [0, 0.05) is 23.0 Å². The Morgan fingerprint density at radius 1 is 1.05 bits per heavy atom. The van der Waals surface area contributed by atoms with Crippen molar-refractivity contribution in [3.05, 3.63) is 59.7 Å². The number of benzene rings is 2. The zero-order valence-corrected chi connectivity index (χ0v) is 12.5. The third-order valence-corrected chi connectivity index (χ3v) is 3.35. The lowest BCUT2D eigenvalue weighted by Crippen LogP contribution is -2.14. The van der Waals surface area contributed by atoms with Crippen molar-refractivity contribution < 1.29 is 13.6 Å². The third-order valence-electron chi connectivity index (χ3n) is 3.35. The van der Waals surface area contributed by atoms with Crippen molar-refractivity contribution in [1.82, 2.24) is 0 Å². The maximum absolute atomic E-state index is 13.1. The highest BCUT2D eigenvalue weighted by atomic mass is 19.2. The van der Waals surface area contributed by atoms with Gasteiger partial charge in [0.1, 0.15) is 0 Å². The van der Waals surface area contributed by atoms with Crippen molar-refractivity contribution in [2.45, 2.75) is 26.3 Å². The van der Waals surface area contributed by atoms with E-state index in [-0.39, 0.29) is 5.56 Å². The molecule has 116 valence electrons. The van der Waals surface area contributed by atoms with Gasteiger partial charge in [-0.15, -0.1) is 0 Å². The summed E-state index contributed by atoms with van der Waals surface area (Å²) in [5.74, 6) is -2.50. The highest BCUT2D eigenvalue weighted by molar-refractivity contribution is 6.04. The lowest BCUT2D eigenvalue weighted by Gasteiger charge is -2.13. The summed E-state index contributed by atoms with van der Waals surface area (Å²) in [6.07, 6.45) is 1.01. The molecule has 2 aromatic carbocycles. The van der Waals surface area contributed by atoms with Crippen molar-refractivity contribution in [2.75, 3.05) is 10.6 Å². The first-order valence-electron chi connectivity index (χ1n) is 7.12. The van der Waals surface area contributed by atoms with Gasteiger partial charge in [-0.25, -0.2) is 8.78 Å². The summed E-state index contributed by atoms with van der Waals surface area (Å²) >= 11 is 0. The number of rotatable bonds is 5. The van der Waals surface area contributed by atoms with Crippen molar-refractivity contribution >= 4 is 17.3 Å². The highest BCUT2D eigenvalue weighted by Crippen LogP contribution is 2.16. The number of hydrogen-bond acceptors (Lipinski definition) is 2. The molecular weight excluding hydrogens is 286 g/mol. The van der Waals surface area contributed by atoms with Crippen LogP contribution in [0, 0.1) is 11.6 Å². The maximum Gasteiger partial charge on any atom is 0.255 e. The second-order valence-electron chi connectivity index (χ2n) is 5.11. The van der Waals surface area contributed by atoms with Crippen LogP contribution in [-0.2, 0) is 0 Å². The summed E-state index contributed by atoms with van der Waals surface area (Å²) in [7, 11) is 0. The van der Waals surface area contributed by atoms with E-state index in [4.69, 9.17) is 0 Å². The summed E-state index contributed by atoms with van der Waals surface area (Å²) < 4.78 is 26.0. The van der Waals surface area contributed by atoms with Crippen LogP contribution in [0.1, 0.15) is 30.6 Å². The number of halogens is 2. The fraction of sp³-hybridized carbons (Fsp3) is 0.235. The Kier molecular flexibility index (Phi) is 5.09. The van der Waals surface area contributed by atoms with Gasteiger partial charge in [0.25, 0.3) is 5.91 Å². The summed E-state index contributed by atoms with van der Waals surface area (Å²) in [4.78, 5) is 12.0. The Bertz CT molecular complexity index is 656. The summed E-state index contributed by atoms with van der Waals surface area (Å²) in [6.45, 7) is 4.17. The zero-order chi connectivity index (χ0) is 16.1. The van der Waals surface area contributed by atoms with Crippen LogP contribution in [0.3, 0.4) is 0 Å². The molecule has 0 aromatic heterocycles. The van der Waals surface area contributed by atoms with Crippen LogP contribution in [0.5, 0.6) is 0 Å². The predicted molar refractivity (Wildman–Crippen MR) is 84.1 cm³/mol. The molecule has 0 aliphatic rings. The molecule has 0 aliphatic heterocycles. The van der Waals surface area contributed by atoms with E-state index in [1.165, 1.54) is 6.07 Å². The standard InChI is InChI=1S/C17H18F2N2O/c1-3-11(2)20-13-5-7-14(8-6-13)21-17(22)12-4-9-15(18)16(19)10-12/h4-11,20H,3H2,1-2H3,(H,21,22). The van der Waals surface area contributed by atoms with E-state index in [1.807, 2.05) is 12.1 Å². The van der Waals surface area contributed by atoms with Crippen LogP contribution < -0.4 is 10.6 Å². The Hall–Kier alpha value is -2.43. The van der Waals surface area contributed by atoms with E-state index in [2.05, 4.69) is 24.5 Å². The first kappa shape index (κ1) is 15.9. The Morgan fingerprint density at radius 3 is 2.27 bits per heavy atom. The number of carbonyl (C=O) groups is 1. The van der Waals surface area contributed by atoms with Gasteiger partial charge in [-0.05, 0) is 55.8 Å². The number of anilines is 2. The molecule has 0 spiro atoms. The molecule has 3 nitrogen and oxygen atoms in total. The van der Waals surface area contributed by atoms with Crippen LogP contribution in [0.4, 0.5) is 20.2 Å². The predicted octanol–water partition coefficient (Wildman–Crippen LogP) is 4.43. The minimum atomic E-state index is -1.04. The van der Waals surface area contributed by atoms with E-state index in [0.717, 1.165) is 24.2 Å². The van der Waals surface area contributed by atoms with E-state index >= 15 is 0 Å². The molecule has 2 N–H and O–H groups in total. The summed E-state index contributed by atoms with van der Waals surface area (Å²) in [5, 5.41) is 5.96. The van der Waals surface area contributed by atoms with Crippen molar-refractivity contribution in [2.24, 2.45) is 0 Å². The van der Waals surface area contributed by atoms with Crippen molar-refractivity contribution in [3.8, 4) is 0 Å². The first-order valence-corrected chi connectivity index (χ1v) is 7.12. The molecule has 0 radical (unpaired) electrons. The topological polar surface area (TPSA) is 41.1 Å². The van der Waals surface area contributed by atoms with Crippen LogP contribution in [0.2, 0.25) is 0 Å². The molecule has 0 bridgehead atoms. The number of amides is 1. The quantitative estimate of drug-likeness (QED) is 0.858. The Morgan fingerprint density at radius 2 is 1.68 bits per heavy atom. The Labute approximate surface area is 128 Å². The summed E-state index contributed by atoms with van der Waals surface area (Å²) in [5.41, 5.74) is 1.62. The van der Waals surface area contributed by atoms with Crippen molar-refractivity contribution in [3.63, 3.8) is 0 Å². The molecule has 1 atom stereocenters. The highest BCUT2D eigenvalue weighted by Gasteiger charge is 2.10. The molecule has 1 amide bonds. The fourth-order valence-corrected chi connectivity index (χ4v) is 1.88. The van der Waals surface area contributed by atoms with Gasteiger partial charge in [0.05, 0.1) is 0 Å². The van der Waals surface area contributed by atoms with Crippen LogP contribution in [0.15, 0.2) is 42.5 Å². The van der Waals surface area contributed by atoms with Gasteiger partial charge in [-0.2, -0.15) is 0 Å². The van der Waals surface area contributed by atoms with E-state index in [9.17, 15) is 13.6 Å². The van der Waals surface area contributed by atoms with Crippen LogP contribution >= 0.6 is 0 Å².